The van der Waals surface area contributed by atoms with Crippen LogP contribution in [-0.4, -0.2) is 13.0 Å². The molecule has 1 amide bonds. The maximum absolute atomic E-state index is 12.6. The van der Waals surface area contributed by atoms with Crippen molar-refractivity contribution in [1.82, 2.24) is 0 Å². The number of amides is 1. The SMILES string of the molecule is COc1ccc(/C=C(/C#N)C(=O)Nc2cccc(Cl)c2Cl)cc1Cc1ccccc1. The minimum absolute atomic E-state index is 0.0538. The Morgan fingerprint density at radius 1 is 1.10 bits per heavy atom. The number of ether oxygens (including phenoxy) is 1. The van der Waals surface area contributed by atoms with Gasteiger partial charge in [0.05, 0.1) is 22.8 Å². The van der Waals surface area contributed by atoms with E-state index in [1.807, 2.05) is 48.5 Å². The number of hydrogen-bond donors (Lipinski definition) is 1. The van der Waals surface area contributed by atoms with Crippen LogP contribution in [0.2, 0.25) is 10.0 Å². The summed E-state index contributed by atoms with van der Waals surface area (Å²) in [4.78, 5) is 12.6. The van der Waals surface area contributed by atoms with Gasteiger partial charge in [-0.05, 0) is 47.0 Å². The van der Waals surface area contributed by atoms with Gasteiger partial charge in [0.15, 0.2) is 0 Å². The van der Waals surface area contributed by atoms with Crippen LogP contribution in [0.3, 0.4) is 0 Å². The van der Waals surface area contributed by atoms with E-state index in [9.17, 15) is 10.1 Å². The third kappa shape index (κ3) is 5.21. The largest absolute Gasteiger partial charge is 0.496 e. The van der Waals surface area contributed by atoms with Crippen molar-refractivity contribution < 1.29 is 9.53 Å². The van der Waals surface area contributed by atoms with Gasteiger partial charge in [0.25, 0.3) is 5.91 Å². The van der Waals surface area contributed by atoms with Crippen LogP contribution in [0.15, 0.2) is 72.3 Å². The van der Waals surface area contributed by atoms with E-state index >= 15 is 0 Å². The number of benzene rings is 3. The van der Waals surface area contributed by atoms with Gasteiger partial charge in [-0.1, -0.05) is 65.7 Å². The topological polar surface area (TPSA) is 62.1 Å². The van der Waals surface area contributed by atoms with Crippen molar-refractivity contribution in [3.8, 4) is 11.8 Å². The van der Waals surface area contributed by atoms with E-state index in [0.717, 1.165) is 16.9 Å². The van der Waals surface area contributed by atoms with E-state index in [4.69, 9.17) is 27.9 Å². The predicted molar refractivity (Wildman–Crippen MR) is 121 cm³/mol. The van der Waals surface area contributed by atoms with Gasteiger partial charge in [0.1, 0.15) is 17.4 Å². The van der Waals surface area contributed by atoms with Crippen molar-refractivity contribution in [2.75, 3.05) is 12.4 Å². The molecule has 3 rings (SSSR count). The van der Waals surface area contributed by atoms with Crippen molar-refractivity contribution in [2.45, 2.75) is 6.42 Å². The van der Waals surface area contributed by atoms with Crippen LogP contribution >= 0.6 is 23.2 Å². The first-order valence-corrected chi connectivity index (χ1v) is 9.85. The normalized spacial score (nSPS) is 10.9. The maximum atomic E-state index is 12.6. The van der Waals surface area contributed by atoms with E-state index in [0.29, 0.717) is 22.7 Å². The Balaban J connectivity index is 1.88. The number of hydrogen-bond acceptors (Lipinski definition) is 3. The summed E-state index contributed by atoms with van der Waals surface area (Å²) in [5.74, 6) is 0.173. The van der Waals surface area contributed by atoms with Crippen molar-refractivity contribution in [3.05, 3.63) is 99.0 Å². The minimum atomic E-state index is -0.568. The van der Waals surface area contributed by atoms with E-state index < -0.39 is 5.91 Å². The van der Waals surface area contributed by atoms with Gasteiger partial charge >= 0.3 is 0 Å². The Morgan fingerprint density at radius 3 is 2.57 bits per heavy atom. The van der Waals surface area contributed by atoms with Gasteiger partial charge in [0, 0.05) is 6.42 Å². The van der Waals surface area contributed by atoms with Crippen LogP contribution in [0.25, 0.3) is 6.08 Å². The molecule has 3 aromatic carbocycles. The average Bonchev–Trinajstić information content (AvgIpc) is 2.76. The van der Waals surface area contributed by atoms with E-state index in [-0.39, 0.29) is 10.6 Å². The molecule has 150 valence electrons. The van der Waals surface area contributed by atoms with Crippen molar-refractivity contribution in [1.29, 1.82) is 5.26 Å². The fraction of sp³-hybridized carbons (Fsp3) is 0.0833. The third-order valence-corrected chi connectivity index (χ3v) is 5.24. The second kappa shape index (κ2) is 9.98. The van der Waals surface area contributed by atoms with Gasteiger partial charge in [-0.2, -0.15) is 5.26 Å². The molecule has 30 heavy (non-hydrogen) atoms. The van der Waals surface area contributed by atoms with Crippen LogP contribution in [0.4, 0.5) is 5.69 Å². The van der Waals surface area contributed by atoms with Gasteiger partial charge in [-0.25, -0.2) is 0 Å². The standard InChI is InChI=1S/C24H18Cl2N2O2/c1-30-22-11-10-17(13-18(22)12-16-6-3-2-4-7-16)14-19(15-27)24(29)28-21-9-5-8-20(25)23(21)26/h2-11,13-14H,12H2,1H3,(H,28,29)/b19-14-. The molecule has 0 aromatic heterocycles. The summed E-state index contributed by atoms with van der Waals surface area (Å²) in [6, 6.07) is 22.4. The summed E-state index contributed by atoms with van der Waals surface area (Å²) >= 11 is 12.1. The predicted octanol–water partition coefficient (Wildman–Crippen LogP) is 6.14. The summed E-state index contributed by atoms with van der Waals surface area (Å²) in [7, 11) is 1.61. The minimum Gasteiger partial charge on any atom is -0.496 e. The first-order chi connectivity index (χ1) is 14.5. The summed E-state index contributed by atoms with van der Waals surface area (Å²) in [6.07, 6.45) is 2.19. The lowest BCUT2D eigenvalue weighted by molar-refractivity contribution is -0.112. The number of anilines is 1. The lowest BCUT2D eigenvalue weighted by Crippen LogP contribution is -2.13. The summed E-state index contributed by atoms with van der Waals surface area (Å²) in [6.45, 7) is 0. The van der Waals surface area contributed by atoms with E-state index in [1.165, 1.54) is 6.08 Å². The highest BCUT2D eigenvalue weighted by Crippen LogP contribution is 2.30. The number of nitriles is 1. The number of nitrogens with zero attached hydrogens (tertiary/aromatic N) is 1. The van der Waals surface area contributed by atoms with Gasteiger partial charge in [-0.15, -0.1) is 0 Å². The molecule has 6 heteroatoms. The molecule has 0 unspecified atom stereocenters. The van der Waals surface area contributed by atoms with Crippen molar-refractivity contribution >= 4 is 40.9 Å². The Bertz CT molecular complexity index is 1140. The molecule has 3 aromatic rings. The monoisotopic (exact) mass is 436 g/mol. The van der Waals surface area contributed by atoms with E-state index in [1.54, 1.807) is 31.4 Å². The molecular weight excluding hydrogens is 419 g/mol. The fourth-order valence-electron chi connectivity index (χ4n) is 2.95. The van der Waals surface area contributed by atoms with Crippen molar-refractivity contribution in [3.63, 3.8) is 0 Å². The number of nitrogens with one attached hydrogen (secondary N) is 1. The highest BCUT2D eigenvalue weighted by atomic mass is 35.5. The van der Waals surface area contributed by atoms with Crippen LogP contribution in [0, 0.1) is 11.3 Å². The highest BCUT2D eigenvalue weighted by molar-refractivity contribution is 6.44. The number of carbonyl (C=O) groups is 1. The Labute approximate surface area is 185 Å². The third-order valence-electron chi connectivity index (χ3n) is 4.42. The van der Waals surface area contributed by atoms with Crippen LogP contribution < -0.4 is 10.1 Å². The zero-order chi connectivity index (χ0) is 21.5. The van der Waals surface area contributed by atoms with Gasteiger partial charge < -0.3 is 10.1 Å². The first kappa shape index (κ1) is 21.4. The second-order valence-electron chi connectivity index (χ2n) is 6.46. The summed E-state index contributed by atoms with van der Waals surface area (Å²) in [5, 5.41) is 12.7. The molecule has 0 heterocycles. The van der Waals surface area contributed by atoms with Crippen LogP contribution in [-0.2, 0) is 11.2 Å². The van der Waals surface area contributed by atoms with Gasteiger partial charge in [-0.3, -0.25) is 4.79 Å². The Kier molecular flexibility index (Phi) is 7.13. The number of methoxy groups -OCH3 is 1. The Morgan fingerprint density at radius 2 is 1.87 bits per heavy atom. The molecule has 0 atom stereocenters. The number of rotatable bonds is 6. The molecule has 0 saturated carbocycles. The van der Waals surface area contributed by atoms with Gasteiger partial charge in [0.2, 0.25) is 0 Å². The number of halogens is 2. The molecule has 0 radical (unpaired) electrons. The second-order valence-corrected chi connectivity index (χ2v) is 7.24. The Hall–Kier alpha value is -3.26. The maximum Gasteiger partial charge on any atom is 0.266 e. The molecule has 0 bridgehead atoms. The number of carbonyl (C=O) groups excluding carboxylic acids is 1. The average molecular weight is 437 g/mol. The highest BCUT2D eigenvalue weighted by Gasteiger charge is 2.13. The molecule has 0 spiro atoms. The van der Waals surface area contributed by atoms with Crippen LogP contribution in [0.1, 0.15) is 16.7 Å². The lowest BCUT2D eigenvalue weighted by atomic mass is 10.0. The first-order valence-electron chi connectivity index (χ1n) is 9.10. The molecule has 1 N–H and O–H groups in total. The molecule has 0 aliphatic rings. The van der Waals surface area contributed by atoms with E-state index in [2.05, 4.69) is 5.32 Å². The summed E-state index contributed by atoms with van der Waals surface area (Å²) in [5.41, 5.74) is 3.08. The van der Waals surface area contributed by atoms with Crippen molar-refractivity contribution in [2.24, 2.45) is 0 Å². The quantitative estimate of drug-likeness (QED) is 0.372. The molecule has 0 saturated heterocycles. The molecule has 0 aliphatic carbocycles. The molecular formula is C24H18Cl2N2O2. The molecule has 0 aliphatic heterocycles. The summed E-state index contributed by atoms with van der Waals surface area (Å²) < 4.78 is 5.46. The zero-order valence-electron chi connectivity index (χ0n) is 16.2. The molecule has 4 nitrogen and oxygen atoms in total. The van der Waals surface area contributed by atoms with Crippen LogP contribution in [0.5, 0.6) is 5.75 Å². The zero-order valence-corrected chi connectivity index (χ0v) is 17.7. The smallest absolute Gasteiger partial charge is 0.266 e. The fourth-order valence-corrected chi connectivity index (χ4v) is 3.30. The lowest BCUT2D eigenvalue weighted by Gasteiger charge is -2.10. The molecule has 0 fully saturated rings.